The van der Waals surface area contributed by atoms with E-state index >= 15 is 0 Å². The van der Waals surface area contributed by atoms with Gasteiger partial charge in [0, 0.05) is 6.20 Å². The third-order valence-corrected chi connectivity index (χ3v) is 2.40. The van der Waals surface area contributed by atoms with Crippen LogP contribution in [0.25, 0.3) is 0 Å². The van der Waals surface area contributed by atoms with E-state index in [0.717, 1.165) is 25.0 Å². The lowest BCUT2D eigenvalue weighted by molar-refractivity contribution is 0.294. The Kier molecular flexibility index (Phi) is 4.78. The van der Waals surface area contributed by atoms with Crippen LogP contribution >= 0.6 is 0 Å². The summed E-state index contributed by atoms with van der Waals surface area (Å²) in [6.45, 7) is 4.62. The van der Waals surface area contributed by atoms with Crippen LogP contribution in [0.2, 0.25) is 0 Å². The molecule has 0 atom stereocenters. The van der Waals surface area contributed by atoms with Crippen LogP contribution in [0.4, 0.5) is 0 Å². The molecule has 0 radical (unpaired) electrons. The van der Waals surface area contributed by atoms with Gasteiger partial charge in [-0.15, -0.1) is 0 Å². The highest BCUT2D eigenvalue weighted by Gasteiger charge is 2.15. The number of unbranched alkanes of at least 4 members (excludes halogenated alkanes) is 1. The second-order valence-corrected chi connectivity index (χ2v) is 4.49. The summed E-state index contributed by atoms with van der Waals surface area (Å²) >= 11 is 0. The van der Waals surface area contributed by atoms with Crippen LogP contribution in [0.1, 0.15) is 33.1 Å². The van der Waals surface area contributed by atoms with Crippen molar-refractivity contribution in [2.24, 2.45) is 5.41 Å². The fraction of sp³-hybridized carbons (Fsp3) is 0.538. The van der Waals surface area contributed by atoms with Crippen LogP contribution in [0.3, 0.4) is 0 Å². The Labute approximate surface area is 97.1 Å². The average Bonchev–Trinajstić information content (AvgIpc) is 2.30. The zero-order chi connectivity index (χ0) is 11.9. The number of nitrogens with zero attached hydrogens (tertiary/aromatic N) is 2. The zero-order valence-corrected chi connectivity index (χ0v) is 9.94. The third-order valence-electron chi connectivity index (χ3n) is 2.40. The summed E-state index contributed by atoms with van der Waals surface area (Å²) in [4.78, 5) is 3.97. The lowest BCUT2D eigenvalue weighted by Gasteiger charge is -2.14. The number of rotatable bonds is 6. The van der Waals surface area contributed by atoms with E-state index < -0.39 is 0 Å². The highest BCUT2D eigenvalue weighted by molar-refractivity contribution is 5.15. The predicted molar refractivity (Wildman–Crippen MR) is 63.0 cm³/mol. The van der Waals surface area contributed by atoms with Crippen molar-refractivity contribution >= 4 is 0 Å². The van der Waals surface area contributed by atoms with Gasteiger partial charge in [-0.3, -0.25) is 4.98 Å². The van der Waals surface area contributed by atoms with Crippen molar-refractivity contribution < 1.29 is 4.74 Å². The molecule has 1 heterocycles. The molecule has 16 heavy (non-hydrogen) atoms. The molecule has 0 aromatic carbocycles. The van der Waals surface area contributed by atoms with Crippen LogP contribution in [-0.2, 0) is 0 Å². The molecule has 0 aliphatic heterocycles. The van der Waals surface area contributed by atoms with Gasteiger partial charge in [0.25, 0.3) is 0 Å². The molecular weight excluding hydrogens is 200 g/mol. The van der Waals surface area contributed by atoms with E-state index in [1.807, 2.05) is 26.0 Å². The highest BCUT2D eigenvalue weighted by atomic mass is 16.5. The van der Waals surface area contributed by atoms with Crippen molar-refractivity contribution in [3.8, 4) is 11.8 Å². The molecule has 86 valence electrons. The van der Waals surface area contributed by atoms with Crippen molar-refractivity contribution in [2.45, 2.75) is 33.1 Å². The fourth-order valence-corrected chi connectivity index (χ4v) is 1.35. The zero-order valence-electron chi connectivity index (χ0n) is 9.94. The first-order valence-corrected chi connectivity index (χ1v) is 5.58. The molecule has 1 aromatic heterocycles. The first kappa shape index (κ1) is 12.5. The van der Waals surface area contributed by atoms with Gasteiger partial charge in [0.1, 0.15) is 5.75 Å². The maximum absolute atomic E-state index is 8.84. The Morgan fingerprint density at radius 1 is 1.44 bits per heavy atom. The Hall–Kier alpha value is -1.56. The van der Waals surface area contributed by atoms with Crippen molar-refractivity contribution in [3.63, 3.8) is 0 Å². The monoisotopic (exact) mass is 218 g/mol. The molecule has 0 amide bonds. The number of aromatic nitrogens is 1. The van der Waals surface area contributed by atoms with E-state index in [9.17, 15) is 0 Å². The van der Waals surface area contributed by atoms with Gasteiger partial charge < -0.3 is 4.74 Å². The standard InChI is InChI=1S/C13H18N2O/c1-13(2,11-14)7-3-4-9-16-12-6-5-8-15-10-12/h5-6,8,10H,3-4,7,9H2,1-2H3. The second-order valence-electron chi connectivity index (χ2n) is 4.49. The number of pyridine rings is 1. The van der Waals surface area contributed by atoms with E-state index in [1.165, 1.54) is 0 Å². The van der Waals surface area contributed by atoms with Crippen molar-refractivity contribution in [2.75, 3.05) is 6.61 Å². The van der Waals surface area contributed by atoms with Crippen LogP contribution in [-0.4, -0.2) is 11.6 Å². The number of ether oxygens (including phenoxy) is 1. The topological polar surface area (TPSA) is 45.9 Å². The first-order valence-electron chi connectivity index (χ1n) is 5.58. The smallest absolute Gasteiger partial charge is 0.137 e. The summed E-state index contributed by atoms with van der Waals surface area (Å²) in [5, 5.41) is 8.84. The lowest BCUT2D eigenvalue weighted by atomic mass is 9.89. The van der Waals surface area contributed by atoms with E-state index in [1.54, 1.807) is 12.4 Å². The van der Waals surface area contributed by atoms with E-state index in [-0.39, 0.29) is 5.41 Å². The minimum Gasteiger partial charge on any atom is -0.492 e. The molecule has 0 N–H and O–H groups in total. The van der Waals surface area contributed by atoms with E-state index in [0.29, 0.717) is 6.61 Å². The summed E-state index contributed by atoms with van der Waals surface area (Å²) in [5.74, 6) is 0.807. The maximum atomic E-state index is 8.84. The van der Waals surface area contributed by atoms with Gasteiger partial charge in [-0.1, -0.05) is 0 Å². The minimum absolute atomic E-state index is 0.214. The van der Waals surface area contributed by atoms with Crippen LogP contribution in [0.5, 0.6) is 5.75 Å². The number of hydrogen-bond acceptors (Lipinski definition) is 3. The van der Waals surface area contributed by atoms with Crippen LogP contribution in [0.15, 0.2) is 24.5 Å². The van der Waals surface area contributed by atoms with Crippen LogP contribution < -0.4 is 4.74 Å². The second kappa shape index (κ2) is 6.12. The quantitative estimate of drug-likeness (QED) is 0.689. The van der Waals surface area contributed by atoms with Gasteiger partial charge in [0.05, 0.1) is 24.3 Å². The molecule has 0 saturated carbocycles. The molecule has 0 fully saturated rings. The van der Waals surface area contributed by atoms with Gasteiger partial charge in [0.15, 0.2) is 0 Å². The molecule has 0 saturated heterocycles. The fourth-order valence-electron chi connectivity index (χ4n) is 1.35. The van der Waals surface area contributed by atoms with Gasteiger partial charge in [-0.05, 0) is 45.2 Å². The van der Waals surface area contributed by atoms with Crippen molar-refractivity contribution in [1.82, 2.24) is 4.98 Å². The van der Waals surface area contributed by atoms with Gasteiger partial charge >= 0.3 is 0 Å². The van der Waals surface area contributed by atoms with Crippen molar-refractivity contribution in [1.29, 1.82) is 5.26 Å². The Morgan fingerprint density at radius 3 is 2.88 bits per heavy atom. The molecule has 0 aliphatic carbocycles. The Morgan fingerprint density at radius 2 is 2.25 bits per heavy atom. The van der Waals surface area contributed by atoms with E-state index in [2.05, 4.69) is 11.1 Å². The summed E-state index contributed by atoms with van der Waals surface area (Å²) in [5.41, 5.74) is -0.214. The molecule has 0 unspecified atom stereocenters. The predicted octanol–water partition coefficient (Wildman–Crippen LogP) is 3.18. The molecule has 3 heteroatoms. The minimum atomic E-state index is -0.214. The molecule has 1 rings (SSSR count). The SMILES string of the molecule is CC(C)(C#N)CCCCOc1cccnc1. The number of nitriles is 1. The van der Waals surface area contributed by atoms with E-state index in [4.69, 9.17) is 10.00 Å². The van der Waals surface area contributed by atoms with Crippen LogP contribution in [0, 0.1) is 16.7 Å². The van der Waals surface area contributed by atoms with Gasteiger partial charge in [0.2, 0.25) is 0 Å². The molecule has 0 aliphatic rings. The molecular formula is C13H18N2O. The summed E-state index contributed by atoms with van der Waals surface area (Å²) in [6, 6.07) is 6.05. The van der Waals surface area contributed by atoms with Gasteiger partial charge in [-0.2, -0.15) is 5.26 Å². The Balaban J connectivity index is 2.12. The van der Waals surface area contributed by atoms with Gasteiger partial charge in [-0.25, -0.2) is 0 Å². The number of hydrogen-bond donors (Lipinski definition) is 0. The van der Waals surface area contributed by atoms with Crippen molar-refractivity contribution in [3.05, 3.63) is 24.5 Å². The normalized spacial score (nSPS) is 10.8. The molecule has 3 nitrogen and oxygen atoms in total. The molecule has 0 spiro atoms. The summed E-state index contributed by atoms with van der Waals surface area (Å²) in [6.07, 6.45) is 6.34. The maximum Gasteiger partial charge on any atom is 0.137 e. The third kappa shape index (κ3) is 4.79. The average molecular weight is 218 g/mol. The molecule has 0 bridgehead atoms. The summed E-state index contributed by atoms with van der Waals surface area (Å²) < 4.78 is 5.51. The lowest BCUT2D eigenvalue weighted by Crippen LogP contribution is -2.08. The largest absolute Gasteiger partial charge is 0.492 e. The first-order chi connectivity index (χ1) is 7.64. The summed E-state index contributed by atoms with van der Waals surface area (Å²) in [7, 11) is 0. The highest BCUT2D eigenvalue weighted by Crippen LogP contribution is 2.21. The molecule has 1 aromatic rings. The Bertz CT molecular complexity index is 341.